The van der Waals surface area contributed by atoms with E-state index in [4.69, 9.17) is 4.74 Å². The Morgan fingerprint density at radius 2 is 1.71 bits per heavy atom. The summed E-state index contributed by atoms with van der Waals surface area (Å²) < 4.78 is 5.59. The average Bonchev–Trinajstić information content (AvgIpc) is 3.47. The smallest absolute Gasteiger partial charge is 0.407 e. The number of amides is 2. The fourth-order valence-electron chi connectivity index (χ4n) is 5.30. The van der Waals surface area contributed by atoms with Crippen LogP contribution in [0.3, 0.4) is 0 Å². The van der Waals surface area contributed by atoms with Gasteiger partial charge in [-0.25, -0.2) is 4.79 Å². The minimum atomic E-state index is -0.818. The van der Waals surface area contributed by atoms with Gasteiger partial charge >= 0.3 is 12.1 Å². The second kappa shape index (κ2) is 11.2. The predicted octanol–water partition coefficient (Wildman–Crippen LogP) is 4.48. The third-order valence-corrected chi connectivity index (χ3v) is 7.13. The van der Waals surface area contributed by atoms with Gasteiger partial charge in [0.25, 0.3) is 0 Å². The van der Waals surface area contributed by atoms with Crippen LogP contribution in [0.25, 0.3) is 11.1 Å². The highest BCUT2D eigenvalue weighted by Crippen LogP contribution is 2.44. The van der Waals surface area contributed by atoms with Crippen molar-refractivity contribution in [2.75, 3.05) is 13.2 Å². The van der Waals surface area contributed by atoms with Crippen LogP contribution in [0.1, 0.15) is 49.1 Å². The SMILES string of the molecule is C=CCCC(NC(=O)OCC1c2ccccc2-c2ccccc21)C(=O)NCC1CCCC1C(=O)O. The van der Waals surface area contributed by atoms with E-state index in [0.29, 0.717) is 19.3 Å². The molecule has 3 N–H and O–H groups in total. The molecule has 2 aliphatic carbocycles. The first kappa shape index (κ1) is 24.5. The van der Waals surface area contributed by atoms with Crippen molar-refractivity contribution in [3.8, 4) is 11.1 Å². The second-order valence-electron chi connectivity index (χ2n) is 9.27. The number of alkyl carbamates (subject to hydrolysis) is 1. The van der Waals surface area contributed by atoms with E-state index in [1.54, 1.807) is 6.08 Å². The van der Waals surface area contributed by atoms with Gasteiger partial charge in [0, 0.05) is 12.5 Å². The van der Waals surface area contributed by atoms with E-state index in [1.165, 1.54) is 0 Å². The molecule has 2 aromatic carbocycles. The van der Waals surface area contributed by atoms with Gasteiger partial charge in [-0.2, -0.15) is 0 Å². The Morgan fingerprint density at radius 1 is 1.06 bits per heavy atom. The minimum absolute atomic E-state index is 0.0658. The number of nitrogens with one attached hydrogen (secondary N) is 2. The first-order chi connectivity index (χ1) is 17.0. The molecule has 184 valence electrons. The fraction of sp³-hybridized carbons (Fsp3) is 0.393. The van der Waals surface area contributed by atoms with Crippen molar-refractivity contribution in [1.29, 1.82) is 0 Å². The first-order valence-corrected chi connectivity index (χ1v) is 12.2. The number of allylic oxidation sites excluding steroid dienone is 1. The monoisotopic (exact) mass is 476 g/mol. The lowest BCUT2D eigenvalue weighted by Crippen LogP contribution is -2.48. The summed E-state index contributed by atoms with van der Waals surface area (Å²) in [6.45, 7) is 4.15. The minimum Gasteiger partial charge on any atom is -0.481 e. The third kappa shape index (κ3) is 5.56. The molecular weight excluding hydrogens is 444 g/mol. The lowest BCUT2D eigenvalue weighted by atomic mass is 9.96. The Bertz CT molecular complexity index is 1050. The number of carbonyl (C=O) groups excluding carboxylic acids is 2. The molecule has 2 aliphatic rings. The molecule has 0 saturated heterocycles. The number of carboxylic acid groups (broad SMARTS) is 1. The van der Waals surface area contributed by atoms with Gasteiger partial charge in [0.2, 0.25) is 5.91 Å². The largest absolute Gasteiger partial charge is 0.481 e. The Morgan fingerprint density at radius 3 is 2.34 bits per heavy atom. The second-order valence-corrected chi connectivity index (χ2v) is 9.27. The maximum atomic E-state index is 12.8. The highest BCUT2D eigenvalue weighted by Gasteiger charge is 2.34. The van der Waals surface area contributed by atoms with E-state index in [-0.39, 0.29) is 30.9 Å². The molecule has 1 fully saturated rings. The summed E-state index contributed by atoms with van der Waals surface area (Å²) in [7, 11) is 0. The third-order valence-electron chi connectivity index (χ3n) is 7.13. The topological polar surface area (TPSA) is 105 Å². The average molecular weight is 477 g/mol. The summed E-state index contributed by atoms with van der Waals surface area (Å²) in [6, 6.07) is 15.4. The highest BCUT2D eigenvalue weighted by molar-refractivity contribution is 5.86. The lowest BCUT2D eigenvalue weighted by molar-refractivity contribution is -0.143. The molecule has 0 aromatic heterocycles. The van der Waals surface area contributed by atoms with Crippen molar-refractivity contribution in [3.63, 3.8) is 0 Å². The van der Waals surface area contributed by atoms with Gasteiger partial charge in [0.15, 0.2) is 0 Å². The summed E-state index contributed by atoms with van der Waals surface area (Å²) >= 11 is 0. The summed E-state index contributed by atoms with van der Waals surface area (Å²) in [4.78, 5) is 36.9. The van der Waals surface area contributed by atoms with E-state index in [9.17, 15) is 19.5 Å². The Kier molecular flexibility index (Phi) is 7.85. The summed E-state index contributed by atoms with van der Waals surface area (Å²) in [6.07, 6.45) is 4.21. The van der Waals surface area contributed by atoms with Crippen LogP contribution >= 0.6 is 0 Å². The molecule has 0 aliphatic heterocycles. The zero-order valence-electron chi connectivity index (χ0n) is 19.7. The Hall–Kier alpha value is -3.61. The molecule has 2 amide bonds. The van der Waals surface area contributed by atoms with Gasteiger partial charge in [-0.05, 0) is 53.9 Å². The molecule has 0 bridgehead atoms. The van der Waals surface area contributed by atoms with E-state index >= 15 is 0 Å². The fourth-order valence-corrected chi connectivity index (χ4v) is 5.30. The summed E-state index contributed by atoms with van der Waals surface area (Å²) in [5.41, 5.74) is 4.53. The van der Waals surface area contributed by atoms with E-state index < -0.39 is 24.0 Å². The number of aliphatic carboxylic acids is 1. The molecule has 0 spiro atoms. The molecule has 35 heavy (non-hydrogen) atoms. The predicted molar refractivity (Wildman–Crippen MR) is 133 cm³/mol. The van der Waals surface area contributed by atoms with E-state index in [2.05, 4.69) is 41.5 Å². The normalized spacial score (nSPS) is 19.3. The summed E-state index contributed by atoms with van der Waals surface area (Å²) in [5, 5.41) is 14.9. The standard InChI is InChI=1S/C28H32N2O5/c1-2-3-15-25(26(31)29-16-18-9-8-14-19(18)27(32)33)30-28(34)35-17-24-22-12-6-4-10-20(22)21-11-5-7-13-23(21)24/h2,4-7,10-13,18-19,24-25H,1,3,8-9,14-17H2,(H,29,31)(H,30,34)(H,32,33). The van der Waals surface area contributed by atoms with Gasteiger partial charge in [0.1, 0.15) is 12.6 Å². The van der Waals surface area contributed by atoms with Crippen LogP contribution in [0, 0.1) is 11.8 Å². The molecule has 0 heterocycles. The Balaban J connectivity index is 1.35. The van der Waals surface area contributed by atoms with Crippen molar-refractivity contribution in [2.45, 2.75) is 44.1 Å². The van der Waals surface area contributed by atoms with Crippen molar-refractivity contribution in [3.05, 3.63) is 72.3 Å². The molecule has 7 nitrogen and oxygen atoms in total. The summed E-state index contributed by atoms with van der Waals surface area (Å²) in [5.74, 6) is -1.75. The van der Waals surface area contributed by atoms with Gasteiger partial charge < -0.3 is 20.5 Å². The van der Waals surface area contributed by atoms with Crippen LogP contribution in [-0.4, -0.2) is 42.3 Å². The molecule has 7 heteroatoms. The van der Waals surface area contributed by atoms with Gasteiger partial charge in [-0.15, -0.1) is 6.58 Å². The van der Waals surface area contributed by atoms with Crippen LogP contribution in [-0.2, 0) is 14.3 Å². The molecule has 0 radical (unpaired) electrons. The van der Waals surface area contributed by atoms with Crippen molar-refractivity contribution in [1.82, 2.24) is 10.6 Å². The Labute approximate surface area is 205 Å². The first-order valence-electron chi connectivity index (χ1n) is 12.2. The molecule has 3 atom stereocenters. The zero-order chi connectivity index (χ0) is 24.8. The number of hydrogen-bond acceptors (Lipinski definition) is 4. The molecule has 3 unspecified atom stereocenters. The van der Waals surface area contributed by atoms with Crippen molar-refractivity contribution < 1.29 is 24.2 Å². The highest BCUT2D eigenvalue weighted by atomic mass is 16.5. The molecule has 1 saturated carbocycles. The van der Waals surface area contributed by atoms with Crippen LogP contribution < -0.4 is 10.6 Å². The van der Waals surface area contributed by atoms with Gasteiger partial charge in [0.05, 0.1) is 5.92 Å². The van der Waals surface area contributed by atoms with Crippen LogP contribution in [0.15, 0.2) is 61.2 Å². The number of hydrogen-bond donors (Lipinski definition) is 3. The van der Waals surface area contributed by atoms with Crippen LogP contribution in [0.5, 0.6) is 0 Å². The van der Waals surface area contributed by atoms with Crippen molar-refractivity contribution >= 4 is 18.0 Å². The van der Waals surface area contributed by atoms with Gasteiger partial charge in [-0.3, -0.25) is 9.59 Å². The number of fused-ring (bicyclic) bond motifs is 3. The van der Waals surface area contributed by atoms with E-state index in [0.717, 1.165) is 35.1 Å². The molecule has 4 rings (SSSR count). The molecule has 2 aromatic rings. The number of rotatable bonds is 10. The number of benzene rings is 2. The number of carboxylic acids is 1. The maximum Gasteiger partial charge on any atom is 0.407 e. The van der Waals surface area contributed by atoms with Crippen LogP contribution in [0.4, 0.5) is 4.79 Å². The quantitative estimate of drug-likeness (QED) is 0.439. The van der Waals surface area contributed by atoms with Gasteiger partial charge in [-0.1, -0.05) is 61.0 Å². The number of carbonyl (C=O) groups is 3. The number of ether oxygens (including phenoxy) is 1. The van der Waals surface area contributed by atoms with Crippen molar-refractivity contribution in [2.24, 2.45) is 11.8 Å². The zero-order valence-corrected chi connectivity index (χ0v) is 19.7. The van der Waals surface area contributed by atoms with E-state index in [1.807, 2.05) is 24.3 Å². The maximum absolute atomic E-state index is 12.8. The van der Waals surface area contributed by atoms with Crippen LogP contribution in [0.2, 0.25) is 0 Å². The molecular formula is C28H32N2O5. The lowest BCUT2D eigenvalue weighted by Gasteiger charge is -2.21.